The van der Waals surface area contributed by atoms with Crippen molar-refractivity contribution in [3.63, 3.8) is 0 Å². The van der Waals surface area contributed by atoms with Crippen LogP contribution in [0.15, 0.2) is 18.2 Å². The van der Waals surface area contributed by atoms with Crippen LogP contribution in [0.4, 0.5) is 20.6 Å². The summed E-state index contributed by atoms with van der Waals surface area (Å²) in [5, 5.41) is 3.15. The van der Waals surface area contributed by atoms with Gasteiger partial charge >= 0.3 is 12.1 Å². The number of amides is 2. The summed E-state index contributed by atoms with van der Waals surface area (Å²) in [5.41, 5.74) is 0.828. The highest BCUT2D eigenvalue weighted by Crippen LogP contribution is 2.28. The maximum atomic E-state index is 15.0. The van der Waals surface area contributed by atoms with Crippen LogP contribution in [0.2, 0.25) is 0 Å². The molecule has 2 heterocycles. The summed E-state index contributed by atoms with van der Waals surface area (Å²) in [5.74, 6) is -0.983. The number of thiocarbonyl (C=S) groups is 1. The van der Waals surface area contributed by atoms with E-state index >= 15 is 0 Å². The Balaban J connectivity index is 1.55. The predicted molar refractivity (Wildman–Crippen MR) is 129 cm³/mol. The average Bonchev–Trinajstić information content (AvgIpc) is 3.20. The quantitative estimate of drug-likeness (QED) is 0.435. The maximum Gasteiger partial charge on any atom is 0.414 e. The Bertz CT molecular complexity index is 938. The van der Waals surface area contributed by atoms with E-state index in [2.05, 4.69) is 12.2 Å². The monoisotopic (exact) mass is 494 g/mol. The first-order chi connectivity index (χ1) is 16.2. The van der Waals surface area contributed by atoms with Gasteiger partial charge in [0.25, 0.3) is 5.91 Å². The zero-order valence-electron chi connectivity index (χ0n) is 19.7. The lowest BCUT2D eigenvalue weighted by Gasteiger charge is -2.36. The van der Waals surface area contributed by atoms with Gasteiger partial charge < -0.3 is 24.6 Å². The highest BCUT2D eigenvalue weighted by atomic mass is 32.1. The van der Waals surface area contributed by atoms with E-state index in [0.29, 0.717) is 50.6 Å². The first-order valence-electron chi connectivity index (χ1n) is 11.4. The van der Waals surface area contributed by atoms with Crippen molar-refractivity contribution >= 4 is 46.6 Å². The molecule has 2 fully saturated rings. The van der Waals surface area contributed by atoms with Crippen LogP contribution in [0.25, 0.3) is 0 Å². The number of anilines is 2. The third-order valence-corrected chi connectivity index (χ3v) is 6.60. The zero-order chi connectivity index (χ0) is 24.8. The van der Waals surface area contributed by atoms with Crippen LogP contribution in [0.3, 0.4) is 0 Å². The van der Waals surface area contributed by atoms with Crippen LogP contribution in [0, 0.1) is 11.7 Å². The number of piperazine rings is 1. The van der Waals surface area contributed by atoms with Gasteiger partial charge in [0.1, 0.15) is 11.9 Å². The van der Waals surface area contributed by atoms with Crippen molar-refractivity contribution in [3.8, 4) is 0 Å². The Kier molecular flexibility index (Phi) is 8.65. The topological polar surface area (TPSA) is 91.4 Å². The van der Waals surface area contributed by atoms with Gasteiger partial charge in [0.15, 0.2) is 6.61 Å². The molecule has 1 unspecified atom stereocenters. The normalized spacial score (nSPS) is 19.0. The zero-order valence-corrected chi connectivity index (χ0v) is 20.5. The third-order valence-electron chi connectivity index (χ3n) is 6.05. The SMILES string of the molecule is CCC(C)C(=S)NC[C@H]1CN(c2ccc(N3CCN(C(=O)COC(C)=O)CC3)c(F)c2)C(=O)O1. The number of halogens is 1. The molecule has 1 aromatic carbocycles. The fourth-order valence-corrected chi connectivity index (χ4v) is 4.03. The van der Waals surface area contributed by atoms with Crippen molar-refractivity contribution in [2.45, 2.75) is 33.3 Å². The van der Waals surface area contributed by atoms with Gasteiger partial charge in [-0.15, -0.1) is 0 Å². The molecule has 3 rings (SSSR count). The second kappa shape index (κ2) is 11.5. The van der Waals surface area contributed by atoms with Gasteiger partial charge in [0.05, 0.1) is 29.5 Å². The van der Waals surface area contributed by atoms with Gasteiger partial charge in [-0.25, -0.2) is 9.18 Å². The number of cyclic esters (lactones) is 1. The number of rotatable bonds is 8. The lowest BCUT2D eigenvalue weighted by molar-refractivity contribution is -0.150. The number of carbonyl (C=O) groups excluding carboxylic acids is 3. The van der Waals surface area contributed by atoms with Crippen LogP contribution in [0.1, 0.15) is 27.2 Å². The van der Waals surface area contributed by atoms with E-state index in [9.17, 15) is 18.8 Å². The minimum atomic E-state index is -0.520. The molecule has 2 aliphatic rings. The molecule has 34 heavy (non-hydrogen) atoms. The van der Waals surface area contributed by atoms with Crippen molar-refractivity contribution in [2.75, 3.05) is 55.7 Å². The number of nitrogens with zero attached hydrogens (tertiary/aromatic N) is 3. The lowest BCUT2D eigenvalue weighted by atomic mass is 10.1. The van der Waals surface area contributed by atoms with Gasteiger partial charge in [-0.2, -0.15) is 0 Å². The molecule has 9 nitrogen and oxygen atoms in total. The standard InChI is InChI=1S/C23H31FN4O5S/c1-4-15(2)22(34)25-12-18-13-28(23(31)33-18)17-5-6-20(19(24)11-17)26-7-9-27(10-8-26)21(30)14-32-16(3)29/h5-6,11,15,18H,4,7-10,12-14H2,1-3H3,(H,25,34)/t15?,18-/m0/s1. The average molecular weight is 495 g/mol. The van der Waals surface area contributed by atoms with E-state index in [-0.39, 0.29) is 24.5 Å². The number of hydrogen-bond acceptors (Lipinski definition) is 7. The molecular formula is C23H31FN4O5S. The first-order valence-corrected chi connectivity index (χ1v) is 11.8. The van der Waals surface area contributed by atoms with Gasteiger partial charge in [0, 0.05) is 39.0 Å². The highest BCUT2D eigenvalue weighted by Gasteiger charge is 2.33. The van der Waals surface area contributed by atoms with Gasteiger partial charge in [-0.3, -0.25) is 14.5 Å². The highest BCUT2D eigenvalue weighted by molar-refractivity contribution is 7.80. The summed E-state index contributed by atoms with van der Waals surface area (Å²) in [7, 11) is 0. The molecule has 0 spiro atoms. The Labute approximate surface area is 204 Å². The van der Waals surface area contributed by atoms with Gasteiger partial charge in [-0.05, 0) is 24.6 Å². The number of hydrogen-bond donors (Lipinski definition) is 1. The molecule has 0 saturated carbocycles. The van der Waals surface area contributed by atoms with Crippen molar-refractivity contribution < 1.29 is 28.2 Å². The summed E-state index contributed by atoms with van der Waals surface area (Å²) in [6.45, 7) is 7.44. The van der Waals surface area contributed by atoms with E-state index in [1.165, 1.54) is 17.9 Å². The Morgan fingerprint density at radius 1 is 1.29 bits per heavy atom. The molecule has 1 aromatic rings. The third kappa shape index (κ3) is 6.34. The summed E-state index contributed by atoms with van der Waals surface area (Å²) in [6, 6.07) is 4.66. The van der Waals surface area contributed by atoms with Crippen LogP contribution in [0.5, 0.6) is 0 Å². The second-order valence-electron chi connectivity index (χ2n) is 8.45. The smallest absolute Gasteiger partial charge is 0.414 e. The van der Waals surface area contributed by atoms with Crippen LogP contribution >= 0.6 is 12.2 Å². The Hall–Kier alpha value is -2.95. The van der Waals surface area contributed by atoms with E-state index in [1.807, 2.05) is 11.8 Å². The first kappa shape index (κ1) is 25.7. The largest absolute Gasteiger partial charge is 0.456 e. The van der Waals surface area contributed by atoms with Crippen LogP contribution < -0.4 is 15.1 Å². The molecule has 0 aliphatic carbocycles. The molecule has 186 valence electrons. The maximum absolute atomic E-state index is 15.0. The summed E-state index contributed by atoms with van der Waals surface area (Å²) in [6.07, 6.45) is 0.0244. The van der Waals surface area contributed by atoms with E-state index < -0.39 is 17.9 Å². The molecule has 1 N–H and O–H groups in total. The number of nitrogens with one attached hydrogen (secondary N) is 1. The Morgan fingerprint density at radius 3 is 2.62 bits per heavy atom. The number of ether oxygens (including phenoxy) is 2. The van der Waals surface area contributed by atoms with Crippen molar-refractivity contribution in [1.29, 1.82) is 0 Å². The van der Waals surface area contributed by atoms with Gasteiger partial charge in [0.2, 0.25) is 0 Å². The molecule has 2 amide bonds. The Morgan fingerprint density at radius 2 is 2.00 bits per heavy atom. The minimum absolute atomic E-state index is 0.249. The van der Waals surface area contributed by atoms with Gasteiger partial charge in [-0.1, -0.05) is 26.1 Å². The molecule has 0 aromatic heterocycles. The molecule has 11 heteroatoms. The minimum Gasteiger partial charge on any atom is -0.456 e. The van der Waals surface area contributed by atoms with Crippen LogP contribution in [-0.2, 0) is 19.1 Å². The summed E-state index contributed by atoms with van der Waals surface area (Å²) >= 11 is 5.34. The van der Waals surface area contributed by atoms with E-state index in [4.69, 9.17) is 21.7 Å². The van der Waals surface area contributed by atoms with E-state index in [1.54, 1.807) is 17.0 Å². The fourth-order valence-electron chi connectivity index (χ4n) is 3.78. The fraction of sp³-hybridized carbons (Fsp3) is 0.565. The number of carbonyl (C=O) groups is 3. The lowest BCUT2D eigenvalue weighted by Crippen LogP contribution is -2.50. The van der Waals surface area contributed by atoms with Crippen molar-refractivity contribution in [3.05, 3.63) is 24.0 Å². The number of benzene rings is 1. The van der Waals surface area contributed by atoms with Crippen LogP contribution in [-0.4, -0.2) is 79.8 Å². The molecule has 0 radical (unpaired) electrons. The van der Waals surface area contributed by atoms with Crippen molar-refractivity contribution in [1.82, 2.24) is 10.2 Å². The molecule has 2 aliphatic heterocycles. The van der Waals surface area contributed by atoms with Crippen molar-refractivity contribution in [2.24, 2.45) is 5.92 Å². The van der Waals surface area contributed by atoms with E-state index in [0.717, 1.165) is 11.4 Å². The predicted octanol–water partition coefficient (Wildman–Crippen LogP) is 2.33. The molecule has 0 bridgehead atoms. The molecule has 2 saturated heterocycles. The summed E-state index contributed by atoms with van der Waals surface area (Å²) in [4.78, 5) is 40.9. The molecule has 2 atom stereocenters. The number of esters is 1. The summed E-state index contributed by atoms with van der Waals surface area (Å²) < 4.78 is 25.1. The molecular weight excluding hydrogens is 463 g/mol. The second-order valence-corrected chi connectivity index (χ2v) is 8.89.